The van der Waals surface area contributed by atoms with Crippen molar-refractivity contribution in [1.82, 2.24) is 0 Å². The first-order valence-corrected chi connectivity index (χ1v) is 18.9. The van der Waals surface area contributed by atoms with E-state index in [0.29, 0.717) is 19.3 Å². The van der Waals surface area contributed by atoms with Crippen LogP contribution in [0.2, 0.25) is 5.04 Å². The molecular weight excluding hydrogens is 605 g/mol. The standard InChI is InChI=1S/C40H44O4SSi/c1-29-27-35(41)34(22-13-5-6-14-24-39(42)43)33(29)25-26-36(38-28-30-17-15-16-23-37(30)45-38)44-46(40(2,3)4,31-18-9-7-10-19-31)32-20-11-8-12-21-32/h5,7-13,15-21,23,25-28,33-34,36H,6,14,22,24H2,1-4H3,(H,42,43)/t33-,34+,36?/m0/s1. The van der Waals surface area contributed by atoms with Crippen molar-refractivity contribution in [3.05, 3.63) is 132 Å². The van der Waals surface area contributed by atoms with Gasteiger partial charge >= 0.3 is 5.97 Å². The van der Waals surface area contributed by atoms with Gasteiger partial charge in [0.25, 0.3) is 8.32 Å². The maximum absolute atomic E-state index is 13.1. The third kappa shape index (κ3) is 7.41. The molecular formula is C40H44O4SSi. The molecule has 0 radical (unpaired) electrons. The number of carbonyl (C=O) groups excluding carboxylic acids is 1. The largest absolute Gasteiger partial charge is 0.481 e. The topological polar surface area (TPSA) is 63.6 Å². The normalized spacial score (nSPS) is 18.1. The summed E-state index contributed by atoms with van der Waals surface area (Å²) in [6, 6.07) is 32.2. The second kappa shape index (κ2) is 14.7. The minimum Gasteiger partial charge on any atom is -0.481 e. The van der Waals surface area contributed by atoms with Gasteiger partial charge < -0.3 is 9.53 Å². The molecule has 5 rings (SSSR count). The number of carbonyl (C=O) groups is 2. The van der Waals surface area contributed by atoms with Crippen molar-refractivity contribution in [3.63, 3.8) is 0 Å². The second-order valence-electron chi connectivity index (χ2n) is 13.2. The van der Waals surface area contributed by atoms with Gasteiger partial charge in [-0.1, -0.05) is 130 Å². The highest BCUT2D eigenvalue weighted by atomic mass is 32.1. The molecule has 0 amide bonds. The van der Waals surface area contributed by atoms with E-state index >= 15 is 0 Å². The van der Waals surface area contributed by atoms with E-state index in [2.05, 4.69) is 124 Å². The molecule has 3 atom stereocenters. The van der Waals surface area contributed by atoms with Gasteiger partial charge in [0.1, 0.15) is 0 Å². The summed E-state index contributed by atoms with van der Waals surface area (Å²) in [4.78, 5) is 25.1. The lowest BCUT2D eigenvalue weighted by molar-refractivity contribution is -0.137. The van der Waals surface area contributed by atoms with Crippen molar-refractivity contribution in [1.29, 1.82) is 0 Å². The molecule has 1 unspecified atom stereocenters. The highest BCUT2D eigenvalue weighted by Gasteiger charge is 2.51. The summed E-state index contributed by atoms with van der Waals surface area (Å²) in [5, 5.41) is 12.4. The van der Waals surface area contributed by atoms with Crippen LogP contribution >= 0.6 is 11.3 Å². The van der Waals surface area contributed by atoms with Crippen LogP contribution in [0.5, 0.6) is 0 Å². The van der Waals surface area contributed by atoms with Crippen LogP contribution in [0.3, 0.4) is 0 Å². The van der Waals surface area contributed by atoms with E-state index < -0.39 is 14.3 Å². The fourth-order valence-electron chi connectivity index (χ4n) is 6.64. The van der Waals surface area contributed by atoms with Gasteiger partial charge in [-0.25, -0.2) is 0 Å². The Morgan fingerprint density at radius 3 is 2.20 bits per heavy atom. The van der Waals surface area contributed by atoms with E-state index in [-0.39, 0.29) is 35.2 Å². The van der Waals surface area contributed by atoms with Crippen molar-refractivity contribution < 1.29 is 19.1 Å². The summed E-state index contributed by atoms with van der Waals surface area (Å²) >= 11 is 1.77. The van der Waals surface area contributed by atoms with Gasteiger partial charge in [0, 0.05) is 27.8 Å². The van der Waals surface area contributed by atoms with Crippen molar-refractivity contribution in [3.8, 4) is 0 Å². The third-order valence-corrected chi connectivity index (χ3v) is 15.1. The molecule has 1 aliphatic rings. The Morgan fingerprint density at radius 1 is 0.957 bits per heavy atom. The number of hydrogen-bond acceptors (Lipinski definition) is 4. The first kappa shape index (κ1) is 33.5. The number of ketones is 1. The van der Waals surface area contributed by atoms with Crippen LogP contribution in [0, 0.1) is 11.8 Å². The Labute approximate surface area is 278 Å². The van der Waals surface area contributed by atoms with E-state index in [0.717, 1.165) is 10.5 Å². The first-order chi connectivity index (χ1) is 22.1. The van der Waals surface area contributed by atoms with E-state index in [9.17, 15) is 9.59 Å². The van der Waals surface area contributed by atoms with Crippen LogP contribution in [0.25, 0.3) is 10.1 Å². The Morgan fingerprint density at radius 2 is 1.59 bits per heavy atom. The highest BCUT2D eigenvalue weighted by molar-refractivity contribution is 7.19. The second-order valence-corrected chi connectivity index (χ2v) is 18.6. The van der Waals surface area contributed by atoms with Crippen LogP contribution in [0.15, 0.2) is 127 Å². The SMILES string of the molecule is CC1=CC(=O)[C@H](CC=CCCCC(=O)O)[C@H]1C=CC(O[Si](c1ccccc1)(c1ccccc1)C(C)(C)C)c1cc2ccccc2s1. The van der Waals surface area contributed by atoms with Crippen molar-refractivity contribution in [2.24, 2.45) is 11.8 Å². The van der Waals surface area contributed by atoms with Gasteiger partial charge in [0.2, 0.25) is 0 Å². The lowest BCUT2D eigenvalue weighted by Gasteiger charge is -2.44. The number of aliphatic carboxylic acids is 1. The number of rotatable bonds is 13. The maximum Gasteiger partial charge on any atom is 0.303 e. The summed E-state index contributed by atoms with van der Waals surface area (Å²) < 4.78 is 8.91. The predicted molar refractivity (Wildman–Crippen MR) is 193 cm³/mol. The monoisotopic (exact) mass is 648 g/mol. The molecule has 0 bridgehead atoms. The number of fused-ring (bicyclic) bond motifs is 1. The molecule has 4 aromatic rings. The number of hydrogen-bond donors (Lipinski definition) is 1. The molecule has 1 aliphatic carbocycles. The molecule has 1 heterocycles. The van der Waals surface area contributed by atoms with Crippen LogP contribution in [-0.2, 0) is 14.0 Å². The Kier molecular flexibility index (Phi) is 10.7. The fourth-order valence-corrected chi connectivity index (χ4v) is 12.4. The molecule has 1 N–H and O–H groups in total. The molecule has 0 saturated carbocycles. The average molecular weight is 649 g/mol. The van der Waals surface area contributed by atoms with Gasteiger partial charge in [0.15, 0.2) is 5.78 Å². The molecule has 1 aromatic heterocycles. The number of allylic oxidation sites excluding steroid dienone is 5. The van der Waals surface area contributed by atoms with Crippen LogP contribution in [0.1, 0.15) is 64.4 Å². The van der Waals surface area contributed by atoms with E-state index in [4.69, 9.17) is 9.53 Å². The summed E-state index contributed by atoms with van der Waals surface area (Å²) in [5.74, 6) is -0.842. The van der Waals surface area contributed by atoms with Gasteiger partial charge in [0.05, 0.1) is 6.10 Å². The zero-order valence-corrected chi connectivity index (χ0v) is 29.0. The zero-order chi connectivity index (χ0) is 32.7. The highest BCUT2D eigenvalue weighted by Crippen LogP contribution is 2.43. The summed E-state index contributed by atoms with van der Waals surface area (Å²) in [6.07, 6.45) is 12.0. The minimum absolute atomic E-state index is 0.0317. The Balaban J connectivity index is 1.55. The average Bonchev–Trinajstić information content (AvgIpc) is 3.58. The summed E-state index contributed by atoms with van der Waals surface area (Å²) in [5.41, 5.74) is 1.06. The van der Waals surface area contributed by atoms with Gasteiger partial charge in [-0.15, -0.1) is 11.3 Å². The fraction of sp³-hybridized carbons (Fsp3) is 0.300. The number of thiophene rings is 1. The van der Waals surface area contributed by atoms with Crippen LogP contribution < -0.4 is 10.4 Å². The Bertz CT molecular complexity index is 1660. The lowest BCUT2D eigenvalue weighted by atomic mass is 9.87. The summed E-state index contributed by atoms with van der Waals surface area (Å²) in [7, 11) is -2.89. The Hall–Kier alpha value is -3.84. The molecule has 0 saturated heterocycles. The van der Waals surface area contributed by atoms with Crippen molar-refractivity contribution in [2.45, 2.75) is 64.5 Å². The number of carboxylic acid groups (broad SMARTS) is 1. The van der Waals surface area contributed by atoms with Gasteiger partial charge in [-0.3, -0.25) is 9.59 Å². The quantitative estimate of drug-likeness (QED) is 0.0893. The molecule has 0 spiro atoms. The molecule has 238 valence electrons. The maximum atomic E-state index is 13.1. The molecule has 0 aliphatic heterocycles. The van der Waals surface area contributed by atoms with Crippen LogP contribution in [0.4, 0.5) is 0 Å². The zero-order valence-electron chi connectivity index (χ0n) is 27.2. The number of benzene rings is 3. The molecule has 3 aromatic carbocycles. The van der Waals surface area contributed by atoms with E-state index in [1.54, 1.807) is 17.4 Å². The van der Waals surface area contributed by atoms with Crippen molar-refractivity contribution in [2.75, 3.05) is 0 Å². The van der Waals surface area contributed by atoms with E-state index in [1.165, 1.54) is 20.5 Å². The van der Waals surface area contributed by atoms with Crippen LogP contribution in [-0.4, -0.2) is 25.2 Å². The first-order valence-electron chi connectivity index (χ1n) is 16.1. The van der Waals surface area contributed by atoms with E-state index in [1.807, 2.05) is 19.1 Å². The molecule has 6 heteroatoms. The van der Waals surface area contributed by atoms with Crippen molar-refractivity contribution >= 4 is 51.9 Å². The molecule has 4 nitrogen and oxygen atoms in total. The summed E-state index contributed by atoms with van der Waals surface area (Å²) in [6.45, 7) is 8.94. The predicted octanol–water partition coefficient (Wildman–Crippen LogP) is 9.04. The molecule has 0 fully saturated rings. The van der Waals surface area contributed by atoms with Gasteiger partial charge in [-0.2, -0.15) is 0 Å². The smallest absolute Gasteiger partial charge is 0.303 e. The third-order valence-electron chi connectivity index (χ3n) is 8.95. The number of unbranched alkanes of at least 4 members (excludes halogenated alkanes) is 1. The lowest BCUT2D eigenvalue weighted by Crippen LogP contribution is -2.66. The number of carboxylic acids is 1. The molecule has 46 heavy (non-hydrogen) atoms. The minimum atomic E-state index is -2.89. The van der Waals surface area contributed by atoms with Gasteiger partial charge in [-0.05, 0) is 65.2 Å².